The number of hydrogen-bond donors (Lipinski definition) is 2. The second kappa shape index (κ2) is 5.69. The van der Waals surface area contributed by atoms with E-state index < -0.39 is 12.2 Å². The predicted octanol–water partition coefficient (Wildman–Crippen LogP) is 1.31. The van der Waals surface area contributed by atoms with Crippen molar-refractivity contribution in [3.8, 4) is 0 Å². The van der Waals surface area contributed by atoms with Crippen molar-refractivity contribution in [2.75, 3.05) is 0 Å². The lowest BCUT2D eigenvalue weighted by molar-refractivity contribution is 0.0247. The van der Waals surface area contributed by atoms with Crippen molar-refractivity contribution in [2.24, 2.45) is 0 Å². The topological polar surface area (TPSA) is 40.5 Å². The van der Waals surface area contributed by atoms with Crippen LogP contribution in [0.1, 0.15) is 39.5 Å². The van der Waals surface area contributed by atoms with Crippen LogP contribution in [-0.4, -0.2) is 22.4 Å². The highest BCUT2D eigenvalue weighted by molar-refractivity contribution is 4.60. The summed E-state index contributed by atoms with van der Waals surface area (Å²) in [6.45, 7) is 3.74. The van der Waals surface area contributed by atoms with Gasteiger partial charge in [-0.1, -0.05) is 26.2 Å². The first-order valence-corrected chi connectivity index (χ1v) is 4.04. The number of hydrogen-bond acceptors (Lipinski definition) is 2. The van der Waals surface area contributed by atoms with E-state index in [1.807, 2.05) is 0 Å². The van der Waals surface area contributed by atoms with Crippen LogP contribution in [0.2, 0.25) is 0 Å². The summed E-state index contributed by atoms with van der Waals surface area (Å²) in [7, 11) is 0. The summed E-state index contributed by atoms with van der Waals surface area (Å²) >= 11 is 0. The maximum atomic E-state index is 9.10. The van der Waals surface area contributed by atoms with Gasteiger partial charge in [0.05, 0.1) is 12.2 Å². The Balaban J connectivity index is 3.13. The number of rotatable bonds is 5. The van der Waals surface area contributed by atoms with Gasteiger partial charge in [0.25, 0.3) is 0 Å². The van der Waals surface area contributed by atoms with E-state index in [4.69, 9.17) is 10.2 Å². The Hall–Kier alpha value is -0.0800. The quantitative estimate of drug-likeness (QED) is 0.574. The molecule has 0 fully saturated rings. The second-order valence-corrected chi connectivity index (χ2v) is 2.80. The van der Waals surface area contributed by atoms with Crippen molar-refractivity contribution in [3.05, 3.63) is 0 Å². The molecule has 2 heteroatoms. The Morgan fingerprint density at radius 1 is 1.20 bits per heavy atom. The molecule has 0 aliphatic carbocycles. The van der Waals surface area contributed by atoms with Gasteiger partial charge in [-0.25, -0.2) is 0 Å². The lowest BCUT2D eigenvalue weighted by Gasteiger charge is -2.12. The Morgan fingerprint density at radius 2 is 1.80 bits per heavy atom. The van der Waals surface area contributed by atoms with Crippen LogP contribution in [0.25, 0.3) is 0 Å². The van der Waals surface area contributed by atoms with Crippen LogP contribution >= 0.6 is 0 Å². The van der Waals surface area contributed by atoms with E-state index >= 15 is 0 Å². The first kappa shape index (κ1) is 9.92. The monoisotopic (exact) mass is 146 g/mol. The van der Waals surface area contributed by atoms with Gasteiger partial charge in [0.15, 0.2) is 0 Å². The predicted molar refractivity (Wildman–Crippen MR) is 41.8 cm³/mol. The molecule has 0 rings (SSSR count). The molecule has 0 saturated carbocycles. The van der Waals surface area contributed by atoms with E-state index in [0.29, 0.717) is 0 Å². The Morgan fingerprint density at radius 3 is 2.20 bits per heavy atom. The van der Waals surface area contributed by atoms with E-state index in [1.165, 1.54) is 0 Å². The highest BCUT2D eigenvalue weighted by Crippen LogP contribution is 2.05. The molecule has 0 unspecified atom stereocenters. The molecule has 0 spiro atoms. The van der Waals surface area contributed by atoms with E-state index in [-0.39, 0.29) is 0 Å². The van der Waals surface area contributed by atoms with Gasteiger partial charge in [0, 0.05) is 0 Å². The molecule has 0 aromatic rings. The Kier molecular flexibility index (Phi) is 5.64. The minimum absolute atomic E-state index is 0.522. The Bertz CT molecular complexity index is 71.7. The number of unbranched alkanes of at least 4 members (excludes halogenated alkanes) is 2. The summed E-state index contributed by atoms with van der Waals surface area (Å²) in [6.07, 6.45) is 2.95. The van der Waals surface area contributed by atoms with E-state index in [1.54, 1.807) is 6.92 Å². The van der Waals surface area contributed by atoms with Crippen LogP contribution in [0, 0.1) is 0 Å². The van der Waals surface area contributed by atoms with Crippen LogP contribution < -0.4 is 0 Å². The standard InChI is InChI=1S/C8H18O2/c1-3-4-5-6-8(10)7(2)9/h7-10H,3-6H2,1-2H3/t7-,8-/m0/s1. The molecule has 0 radical (unpaired) electrons. The molecular weight excluding hydrogens is 128 g/mol. The third-order valence-electron chi connectivity index (χ3n) is 1.66. The van der Waals surface area contributed by atoms with Crippen molar-refractivity contribution >= 4 is 0 Å². The lowest BCUT2D eigenvalue weighted by Crippen LogP contribution is -2.21. The normalized spacial score (nSPS) is 16.8. The fourth-order valence-corrected chi connectivity index (χ4v) is 0.845. The van der Waals surface area contributed by atoms with Gasteiger partial charge in [0.1, 0.15) is 0 Å². The summed E-state index contributed by atoms with van der Waals surface area (Å²) in [5, 5.41) is 18.0. The third-order valence-corrected chi connectivity index (χ3v) is 1.66. The van der Waals surface area contributed by atoms with Crippen molar-refractivity contribution in [2.45, 2.75) is 51.7 Å². The minimum atomic E-state index is -0.572. The summed E-state index contributed by atoms with van der Waals surface area (Å²) < 4.78 is 0. The van der Waals surface area contributed by atoms with Gasteiger partial charge in [-0.15, -0.1) is 0 Å². The lowest BCUT2D eigenvalue weighted by atomic mass is 10.1. The smallest absolute Gasteiger partial charge is 0.0796 e. The zero-order valence-electron chi connectivity index (χ0n) is 6.88. The first-order chi connectivity index (χ1) is 4.68. The maximum absolute atomic E-state index is 9.10. The summed E-state index contributed by atoms with van der Waals surface area (Å²) in [5.41, 5.74) is 0. The van der Waals surface area contributed by atoms with Gasteiger partial charge in [0.2, 0.25) is 0 Å². The molecule has 62 valence electrons. The summed E-state index contributed by atoms with van der Waals surface area (Å²) in [4.78, 5) is 0. The molecule has 0 aliphatic heterocycles. The average molecular weight is 146 g/mol. The molecule has 0 saturated heterocycles. The fraction of sp³-hybridized carbons (Fsp3) is 1.00. The van der Waals surface area contributed by atoms with Crippen molar-refractivity contribution in [3.63, 3.8) is 0 Å². The third kappa shape index (κ3) is 4.77. The minimum Gasteiger partial charge on any atom is -0.391 e. The molecule has 2 atom stereocenters. The van der Waals surface area contributed by atoms with Crippen LogP contribution in [0.5, 0.6) is 0 Å². The molecule has 10 heavy (non-hydrogen) atoms. The van der Waals surface area contributed by atoms with Crippen molar-refractivity contribution < 1.29 is 10.2 Å². The average Bonchev–Trinajstić information content (AvgIpc) is 1.88. The van der Waals surface area contributed by atoms with Gasteiger partial charge < -0.3 is 10.2 Å². The molecule has 2 nitrogen and oxygen atoms in total. The van der Waals surface area contributed by atoms with Crippen LogP contribution in [0.3, 0.4) is 0 Å². The molecular formula is C8H18O2. The number of aliphatic hydroxyl groups is 2. The van der Waals surface area contributed by atoms with E-state index in [9.17, 15) is 0 Å². The molecule has 0 aromatic carbocycles. The second-order valence-electron chi connectivity index (χ2n) is 2.80. The zero-order chi connectivity index (χ0) is 7.98. The van der Waals surface area contributed by atoms with Crippen LogP contribution in [0.15, 0.2) is 0 Å². The van der Waals surface area contributed by atoms with Crippen molar-refractivity contribution in [1.82, 2.24) is 0 Å². The molecule has 0 bridgehead atoms. The summed E-state index contributed by atoms with van der Waals surface area (Å²) in [6, 6.07) is 0. The largest absolute Gasteiger partial charge is 0.391 e. The van der Waals surface area contributed by atoms with Gasteiger partial charge in [-0.2, -0.15) is 0 Å². The Labute approximate surface area is 62.9 Å². The molecule has 0 amide bonds. The highest BCUT2D eigenvalue weighted by atomic mass is 16.3. The number of aliphatic hydroxyl groups excluding tert-OH is 2. The van der Waals surface area contributed by atoms with Crippen LogP contribution in [0.4, 0.5) is 0 Å². The molecule has 0 aromatic heterocycles. The molecule has 0 aliphatic rings. The fourth-order valence-electron chi connectivity index (χ4n) is 0.845. The van der Waals surface area contributed by atoms with Gasteiger partial charge >= 0.3 is 0 Å². The van der Waals surface area contributed by atoms with Gasteiger partial charge in [-0.3, -0.25) is 0 Å². The van der Waals surface area contributed by atoms with E-state index in [0.717, 1.165) is 25.7 Å². The van der Waals surface area contributed by atoms with Crippen LogP contribution in [-0.2, 0) is 0 Å². The zero-order valence-corrected chi connectivity index (χ0v) is 6.88. The first-order valence-electron chi connectivity index (χ1n) is 4.04. The van der Waals surface area contributed by atoms with Crippen molar-refractivity contribution in [1.29, 1.82) is 0 Å². The molecule has 2 N–H and O–H groups in total. The van der Waals surface area contributed by atoms with E-state index in [2.05, 4.69) is 6.92 Å². The van der Waals surface area contributed by atoms with Gasteiger partial charge in [-0.05, 0) is 13.3 Å². The highest BCUT2D eigenvalue weighted by Gasteiger charge is 2.08. The SMILES string of the molecule is CCCCC[C@H](O)[C@H](C)O. The maximum Gasteiger partial charge on any atom is 0.0796 e. The molecule has 0 heterocycles. The summed E-state index contributed by atoms with van der Waals surface area (Å²) in [5.74, 6) is 0.